The van der Waals surface area contributed by atoms with E-state index in [9.17, 15) is 4.39 Å². The van der Waals surface area contributed by atoms with Crippen LogP contribution in [0.2, 0.25) is 0 Å². The first-order chi connectivity index (χ1) is 3.83. The van der Waals surface area contributed by atoms with Crippen molar-refractivity contribution in [3.05, 3.63) is 17.3 Å². The summed E-state index contributed by atoms with van der Waals surface area (Å²) >= 11 is 0.999. The molecule has 1 heterocycles. The minimum absolute atomic E-state index is 0.207. The summed E-state index contributed by atoms with van der Waals surface area (Å²) in [7, 11) is 1.52. The Kier molecular flexibility index (Phi) is 1.48. The van der Waals surface area contributed by atoms with Gasteiger partial charge in [0.25, 0.3) is 0 Å². The van der Waals surface area contributed by atoms with E-state index in [1.807, 2.05) is 0 Å². The SMILES string of the molecule is COc1ccc(F)s1. The lowest BCUT2D eigenvalue weighted by molar-refractivity contribution is 0.427. The zero-order chi connectivity index (χ0) is 5.98. The van der Waals surface area contributed by atoms with Gasteiger partial charge >= 0.3 is 0 Å². The largest absolute Gasteiger partial charge is 0.487 e. The van der Waals surface area contributed by atoms with Gasteiger partial charge in [-0.25, -0.2) is 0 Å². The summed E-state index contributed by atoms with van der Waals surface area (Å²) in [6.07, 6.45) is 0. The van der Waals surface area contributed by atoms with Crippen LogP contribution in [-0.4, -0.2) is 7.11 Å². The van der Waals surface area contributed by atoms with Gasteiger partial charge in [-0.15, -0.1) is 0 Å². The molecule has 1 rings (SSSR count). The number of thiophene rings is 1. The molecule has 0 aromatic carbocycles. The highest BCUT2D eigenvalue weighted by Crippen LogP contribution is 2.21. The maximum absolute atomic E-state index is 12.1. The molecule has 0 bridgehead atoms. The standard InChI is InChI=1S/C5H5FOS/c1-7-5-3-2-4(6)8-5/h2-3H,1H3. The molecule has 0 saturated carbocycles. The third-order valence-corrected chi connectivity index (χ3v) is 1.58. The molecular formula is C5H5FOS. The number of hydrogen-bond donors (Lipinski definition) is 0. The molecule has 0 aliphatic rings. The van der Waals surface area contributed by atoms with Gasteiger partial charge < -0.3 is 4.74 Å². The fourth-order valence-corrected chi connectivity index (χ4v) is 0.955. The topological polar surface area (TPSA) is 9.23 Å². The van der Waals surface area contributed by atoms with E-state index < -0.39 is 0 Å². The minimum atomic E-state index is -0.207. The lowest BCUT2D eigenvalue weighted by atomic mass is 10.6. The van der Waals surface area contributed by atoms with Crippen LogP contribution < -0.4 is 4.74 Å². The normalized spacial score (nSPS) is 9.25. The summed E-state index contributed by atoms with van der Waals surface area (Å²) in [6, 6.07) is 2.98. The molecule has 8 heavy (non-hydrogen) atoms. The molecule has 1 nitrogen and oxygen atoms in total. The first-order valence-corrected chi connectivity index (χ1v) is 2.94. The van der Waals surface area contributed by atoms with Crippen molar-refractivity contribution in [2.75, 3.05) is 7.11 Å². The first kappa shape index (κ1) is 5.56. The number of rotatable bonds is 1. The van der Waals surface area contributed by atoms with Crippen molar-refractivity contribution >= 4 is 11.3 Å². The second-order valence-electron chi connectivity index (χ2n) is 1.26. The van der Waals surface area contributed by atoms with Crippen LogP contribution in [0.4, 0.5) is 4.39 Å². The Bertz CT molecular complexity index is 173. The van der Waals surface area contributed by atoms with E-state index in [4.69, 9.17) is 4.74 Å². The predicted molar refractivity (Wildman–Crippen MR) is 30.8 cm³/mol. The van der Waals surface area contributed by atoms with E-state index in [2.05, 4.69) is 0 Å². The van der Waals surface area contributed by atoms with Crippen molar-refractivity contribution in [3.63, 3.8) is 0 Å². The summed E-state index contributed by atoms with van der Waals surface area (Å²) in [6.45, 7) is 0. The maximum atomic E-state index is 12.1. The van der Waals surface area contributed by atoms with Gasteiger partial charge in [0.05, 0.1) is 7.11 Å². The number of halogens is 1. The molecule has 0 atom stereocenters. The zero-order valence-electron chi connectivity index (χ0n) is 4.35. The van der Waals surface area contributed by atoms with E-state index in [0.29, 0.717) is 5.06 Å². The summed E-state index contributed by atoms with van der Waals surface area (Å²) < 4.78 is 16.8. The Balaban J connectivity index is 2.84. The maximum Gasteiger partial charge on any atom is 0.179 e. The third-order valence-electron chi connectivity index (χ3n) is 0.750. The lowest BCUT2D eigenvalue weighted by Gasteiger charge is -1.86. The monoisotopic (exact) mass is 132 g/mol. The third kappa shape index (κ3) is 0.980. The second-order valence-corrected chi connectivity index (χ2v) is 2.26. The zero-order valence-corrected chi connectivity index (χ0v) is 5.17. The average molecular weight is 132 g/mol. The van der Waals surface area contributed by atoms with Crippen LogP contribution in [0.5, 0.6) is 5.06 Å². The van der Waals surface area contributed by atoms with Crippen LogP contribution in [0.25, 0.3) is 0 Å². The van der Waals surface area contributed by atoms with E-state index in [-0.39, 0.29) is 5.13 Å². The molecule has 0 N–H and O–H groups in total. The van der Waals surface area contributed by atoms with Crippen LogP contribution in [0.15, 0.2) is 12.1 Å². The van der Waals surface area contributed by atoms with Crippen molar-refractivity contribution in [1.29, 1.82) is 0 Å². The fourth-order valence-electron chi connectivity index (χ4n) is 0.407. The van der Waals surface area contributed by atoms with E-state index in [0.717, 1.165) is 11.3 Å². The van der Waals surface area contributed by atoms with Crippen LogP contribution >= 0.6 is 11.3 Å². The smallest absolute Gasteiger partial charge is 0.179 e. The molecule has 0 aliphatic carbocycles. The van der Waals surface area contributed by atoms with Crippen LogP contribution in [0.3, 0.4) is 0 Å². The molecule has 1 aromatic rings. The highest BCUT2D eigenvalue weighted by Gasteiger charge is 1.94. The molecule has 0 unspecified atom stereocenters. The van der Waals surface area contributed by atoms with Crippen molar-refractivity contribution in [2.45, 2.75) is 0 Å². The number of methoxy groups -OCH3 is 1. The molecule has 0 spiro atoms. The molecule has 0 aliphatic heterocycles. The molecular weight excluding hydrogens is 127 g/mol. The minimum Gasteiger partial charge on any atom is -0.487 e. The summed E-state index contributed by atoms with van der Waals surface area (Å²) in [5, 5.41) is 0.407. The highest BCUT2D eigenvalue weighted by molar-refractivity contribution is 7.12. The van der Waals surface area contributed by atoms with E-state index >= 15 is 0 Å². The number of hydrogen-bond acceptors (Lipinski definition) is 2. The molecule has 0 amide bonds. The Morgan fingerprint density at radius 3 is 2.62 bits per heavy atom. The molecule has 1 aromatic heterocycles. The quantitative estimate of drug-likeness (QED) is 0.567. The summed E-state index contributed by atoms with van der Waals surface area (Å²) in [5.74, 6) is 0. The van der Waals surface area contributed by atoms with Gasteiger partial charge in [0.15, 0.2) is 10.2 Å². The summed E-state index contributed by atoms with van der Waals surface area (Å²) in [5.41, 5.74) is 0. The van der Waals surface area contributed by atoms with Crippen molar-refractivity contribution < 1.29 is 9.13 Å². The van der Waals surface area contributed by atoms with Gasteiger partial charge in [-0.1, -0.05) is 11.3 Å². The number of ether oxygens (including phenoxy) is 1. The van der Waals surface area contributed by atoms with Crippen molar-refractivity contribution in [2.24, 2.45) is 0 Å². The Morgan fingerprint density at radius 1 is 1.62 bits per heavy atom. The molecule has 0 radical (unpaired) electrons. The van der Waals surface area contributed by atoms with Gasteiger partial charge in [0.1, 0.15) is 0 Å². The fraction of sp³-hybridized carbons (Fsp3) is 0.200. The molecule has 3 heteroatoms. The van der Waals surface area contributed by atoms with Gasteiger partial charge in [0.2, 0.25) is 0 Å². The van der Waals surface area contributed by atoms with Crippen molar-refractivity contribution in [3.8, 4) is 5.06 Å². The van der Waals surface area contributed by atoms with Gasteiger partial charge in [-0.3, -0.25) is 0 Å². The average Bonchev–Trinajstić information content (AvgIpc) is 2.14. The second kappa shape index (κ2) is 2.13. The van der Waals surface area contributed by atoms with Crippen LogP contribution in [0.1, 0.15) is 0 Å². The van der Waals surface area contributed by atoms with Gasteiger partial charge in [-0.05, 0) is 12.1 Å². The molecule has 0 fully saturated rings. The Labute approximate surface area is 50.7 Å². The summed E-state index contributed by atoms with van der Waals surface area (Å²) in [4.78, 5) is 0. The molecule has 44 valence electrons. The first-order valence-electron chi connectivity index (χ1n) is 2.12. The predicted octanol–water partition coefficient (Wildman–Crippen LogP) is 1.90. The van der Waals surface area contributed by atoms with Gasteiger partial charge in [-0.2, -0.15) is 4.39 Å². The van der Waals surface area contributed by atoms with Crippen LogP contribution in [-0.2, 0) is 0 Å². The van der Waals surface area contributed by atoms with Gasteiger partial charge in [0, 0.05) is 0 Å². The van der Waals surface area contributed by atoms with Crippen LogP contribution in [0, 0.1) is 5.13 Å². The van der Waals surface area contributed by atoms with Crippen molar-refractivity contribution in [1.82, 2.24) is 0 Å². The van der Waals surface area contributed by atoms with E-state index in [1.54, 1.807) is 6.07 Å². The highest BCUT2D eigenvalue weighted by atomic mass is 32.1. The molecule has 0 saturated heterocycles. The Morgan fingerprint density at radius 2 is 2.38 bits per heavy atom. The Hall–Kier alpha value is -0.570. The lowest BCUT2D eigenvalue weighted by Crippen LogP contribution is -1.73. The van der Waals surface area contributed by atoms with E-state index in [1.165, 1.54) is 13.2 Å².